The summed E-state index contributed by atoms with van der Waals surface area (Å²) in [6.45, 7) is 7.62. The third-order valence-corrected chi connectivity index (χ3v) is 5.83. The van der Waals surface area contributed by atoms with Gasteiger partial charge in [0, 0.05) is 36.2 Å². The first-order valence-electron chi connectivity index (χ1n) is 10.7. The number of piperazine rings is 1. The molecule has 0 aliphatic carbocycles. The molecule has 2 N–H and O–H groups in total. The van der Waals surface area contributed by atoms with Crippen LogP contribution in [0, 0.1) is 0 Å². The fourth-order valence-electron chi connectivity index (χ4n) is 4.07. The van der Waals surface area contributed by atoms with E-state index in [1.54, 1.807) is 7.11 Å². The first kappa shape index (κ1) is 20.5. The normalized spacial score (nSPS) is 17.6. The minimum Gasteiger partial charge on any atom is -0.497 e. The maximum atomic E-state index is 12.5. The number of ether oxygens (including phenoxy) is 2. The third kappa shape index (κ3) is 5.23. The predicted octanol–water partition coefficient (Wildman–Crippen LogP) is 0.875. The number of morpholine rings is 1. The van der Waals surface area contributed by atoms with Crippen molar-refractivity contribution in [2.45, 2.75) is 0 Å². The monoisotopic (exact) mass is 411 g/mol. The topological polar surface area (TPSA) is 58.5 Å². The van der Waals surface area contributed by atoms with Crippen LogP contribution in [0.3, 0.4) is 0 Å². The van der Waals surface area contributed by atoms with Crippen LogP contribution in [0.15, 0.2) is 48.5 Å². The van der Waals surface area contributed by atoms with E-state index in [9.17, 15) is 4.79 Å². The molecule has 0 spiro atoms. The smallest absolute Gasteiger partial charge is 0.279 e. The van der Waals surface area contributed by atoms with Gasteiger partial charge in [-0.05, 0) is 36.4 Å². The van der Waals surface area contributed by atoms with Gasteiger partial charge in [0.15, 0.2) is 6.54 Å². The molecule has 2 aliphatic rings. The molecule has 0 radical (unpaired) electrons. The second-order valence-corrected chi connectivity index (χ2v) is 7.81. The molecule has 7 nitrogen and oxygen atoms in total. The Kier molecular flexibility index (Phi) is 6.71. The summed E-state index contributed by atoms with van der Waals surface area (Å²) in [6, 6.07) is 16.3. The van der Waals surface area contributed by atoms with Crippen molar-refractivity contribution in [2.75, 3.05) is 81.3 Å². The van der Waals surface area contributed by atoms with Gasteiger partial charge >= 0.3 is 0 Å². The van der Waals surface area contributed by atoms with Gasteiger partial charge in [-0.3, -0.25) is 4.79 Å². The van der Waals surface area contributed by atoms with Crippen molar-refractivity contribution in [1.29, 1.82) is 0 Å². The van der Waals surface area contributed by atoms with Crippen LogP contribution in [0.25, 0.3) is 0 Å². The van der Waals surface area contributed by atoms with E-state index in [1.165, 1.54) is 16.3 Å². The molecule has 2 aromatic rings. The fourth-order valence-corrected chi connectivity index (χ4v) is 4.07. The highest BCUT2D eigenvalue weighted by Crippen LogP contribution is 2.21. The van der Waals surface area contributed by atoms with Gasteiger partial charge in [-0.25, -0.2) is 0 Å². The highest BCUT2D eigenvalue weighted by molar-refractivity contribution is 5.91. The Labute approximate surface area is 178 Å². The van der Waals surface area contributed by atoms with Crippen LogP contribution in [-0.2, 0) is 9.53 Å². The number of amides is 1. The zero-order valence-electron chi connectivity index (χ0n) is 17.6. The number of nitrogens with one attached hydrogen (secondary N) is 2. The molecule has 0 saturated carbocycles. The van der Waals surface area contributed by atoms with Gasteiger partial charge < -0.3 is 29.5 Å². The molecule has 30 heavy (non-hydrogen) atoms. The summed E-state index contributed by atoms with van der Waals surface area (Å²) >= 11 is 0. The molecule has 7 heteroatoms. The van der Waals surface area contributed by atoms with Crippen molar-refractivity contribution in [3.05, 3.63) is 48.5 Å². The molecule has 0 aromatic heterocycles. The highest BCUT2D eigenvalue weighted by Gasteiger charge is 2.22. The predicted molar refractivity (Wildman–Crippen MR) is 119 cm³/mol. The summed E-state index contributed by atoms with van der Waals surface area (Å²) in [5.74, 6) is 0.945. The number of quaternary nitrogens is 1. The van der Waals surface area contributed by atoms with Crippen molar-refractivity contribution >= 4 is 23.0 Å². The van der Waals surface area contributed by atoms with Crippen LogP contribution in [0.4, 0.5) is 17.1 Å². The molecule has 2 saturated heterocycles. The lowest BCUT2D eigenvalue weighted by atomic mass is 10.2. The third-order valence-electron chi connectivity index (χ3n) is 5.83. The minimum atomic E-state index is 0.0685. The molecule has 160 valence electrons. The maximum Gasteiger partial charge on any atom is 0.279 e. The number of hydrogen-bond acceptors (Lipinski definition) is 5. The van der Waals surface area contributed by atoms with Crippen LogP contribution in [0.5, 0.6) is 5.75 Å². The van der Waals surface area contributed by atoms with E-state index in [1.807, 2.05) is 24.3 Å². The van der Waals surface area contributed by atoms with Crippen LogP contribution in [0.1, 0.15) is 0 Å². The average Bonchev–Trinajstić information content (AvgIpc) is 2.80. The van der Waals surface area contributed by atoms with Crippen molar-refractivity contribution < 1.29 is 19.2 Å². The summed E-state index contributed by atoms with van der Waals surface area (Å²) < 4.78 is 10.7. The Morgan fingerprint density at radius 3 is 2.40 bits per heavy atom. The van der Waals surface area contributed by atoms with Crippen molar-refractivity contribution in [1.82, 2.24) is 0 Å². The van der Waals surface area contributed by atoms with E-state index < -0.39 is 0 Å². The van der Waals surface area contributed by atoms with E-state index in [4.69, 9.17) is 9.47 Å². The van der Waals surface area contributed by atoms with Gasteiger partial charge in [-0.15, -0.1) is 0 Å². The number of benzene rings is 2. The minimum absolute atomic E-state index is 0.0685. The molecule has 2 aliphatic heterocycles. The van der Waals surface area contributed by atoms with Crippen molar-refractivity contribution in [2.24, 2.45) is 0 Å². The summed E-state index contributed by atoms with van der Waals surface area (Å²) in [5, 5.41) is 3.04. The fraction of sp³-hybridized carbons (Fsp3) is 0.435. The second kappa shape index (κ2) is 9.82. The number of hydrogen-bond donors (Lipinski definition) is 2. The van der Waals surface area contributed by atoms with Gasteiger partial charge in [0.2, 0.25) is 0 Å². The number of rotatable bonds is 6. The molecule has 2 heterocycles. The Morgan fingerprint density at radius 2 is 1.70 bits per heavy atom. The maximum absolute atomic E-state index is 12.5. The number of nitrogens with zero attached hydrogens (tertiary/aromatic N) is 2. The largest absolute Gasteiger partial charge is 0.497 e. The molecule has 2 fully saturated rings. The average molecular weight is 412 g/mol. The van der Waals surface area contributed by atoms with Gasteiger partial charge in [-0.2, -0.15) is 0 Å². The number of carbonyl (C=O) groups is 1. The first-order valence-corrected chi connectivity index (χ1v) is 10.7. The van der Waals surface area contributed by atoms with E-state index in [0.29, 0.717) is 6.54 Å². The lowest BCUT2D eigenvalue weighted by Crippen LogP contribution is -3.15. The Bertz CT molecular complexity index is 829. The van der Waals surface area contributed by atoms with Crippen molar-refractivity contribution in [3.8, 4) is 5.75 Å². The molecular formula is C23H31N4O3+. The summed E-state index contributed by atoms with van der Waals surface area (Å²) in [6.07, 6.45) is 0. The highest BCUT2D eigenvalue weighted by atomic mass is 16.5. The van der Waals surface area contributed by atoms with E-state index >= 15 is 0 Å². The number of anilines is 3. The van der Waals surface area contributed by atoms with Crippen LogP contribution in [-0.4, -0.2) is 72.0 Å². The van der Waals surface area contributed by atoms with Gasteiger partial charge in [-0.1, -0.05) is 6.07 Å². The summed E-state index contributed by atoms with van der Waals surface area (Å²) in [4.78, 5) is 18.5. The first-order chi connectivity index (χ1) is 14.7. The Balaban J connectivity index is 1.24. The van der Waals surface area contributed by atoms with Crippen LogP contribution >= 0.6 is 0 Å². The SMILES string of the molecule is COc1cccc(N2CC[NH+](CC(=O)Nc3ccc(N4CCOCC4)cc3)CC2)c1. The Hall–Kier alpha value is -2.77. The summed E-state index contributed by atoms with van der Waals surface area (Å²) in [7, 11) is 1.69. The second-order valence-electron chi connectivity index (χ2n) is 7.81. The lowest BCUT2D eigenvalue weighted by molar-refractivity contribution is -0.892. The zero-order chi connectivity index (χ0) is 20.8. The Morgan fingerprint density at radius 1 is 1.00 bits per heavy atom. The lowest BCUT2D eigenvalue weighted by Gasteiger charge is -2.33. The molecular weight excluding hydrogens is 380 g/mol. The molecule has 0 bridgehead atoms. The quantitative estimate of drug-likeness (QED) is 0.739. The molecule has 1 amide bonds. The van der Waals surface area contributed by atoms with E-state index in [-0.39, 0.29) is 5.91 Å². The van der Waals surface area contributed by atoms with E-state index in [0.717, 1.165) is 63.9 Å². The molecule has 0 atom stereocenters. The zero-order valence-corrected chi connectivity index (χ0v) is 17.6. The van der Waals surface area contributed by atoms with E-state index in [2.05, 4.69) is 39.4 Å². The van der Waals surface area contributed by atoms with Crippen molar-refractivity contribution in [3.63, 3.8) is 0 Å². The summed E-state index contributed by atoms with van der Waals surface area (Å²) in [5.41, 5.74) is 3.21. The molecule has 2 aromatic carbocycles. The van der Waals surface area contributed by atoms with Gasteiger partial charge in [0.1, 0.15) is 5.75 Å². The van der Waals surface area contributed by atoms with Gasteiger partial charge in [0.05, 0.1) is 46.5 Å². The molecule has 4 rings (SSSR count). The molecule has 0 unspecified atom stereocenters. The van der Waals surface area contributed by atoms with Crippen LogP contribution < -0.4 is 24.8 Å². The number of methoxy groups -OCH3 is 1. The standard InChI is InChI=1S/C23H30N4O3/c1-29-22-4-2-3-21(17-22)26-11-9-25(10-12-26)18-23(28)24-19-5-7-20(8-6-19)27-13-15-30-16-14-27/h2-8,17H,9-16,18H2,1H3,(H,24,28)/p+1. The van der Waals surface area contributed by atoms with Gasteiger partial charge in [0.25, 0.3) is 5.91 Å². The number of carbonyl (C=O) groups excluding carboxylic acids is 1. The van der Waals surface area contributed by atoms with Crippen LogP contribution in [0.2, 0.25) is 0 Å².